The van der Waals surface area contributed by atoms with Gasteiger partial charge in [-0.1, -0.05) is 17.7 Å². The highest BCUT2D eigenvalue weighted by molar-refractivity contribution is 6.32. The molecule has 17 heavy (non-hydrogen) atoms. The fourth-order valence-electron chi connectivity index (χ4n) is 1.11. The number of ether oxygens (including phenoxy) is 1. The standard InChI is InChI=1S/C10H8ClN3O3/c1-17-9-3-2-6(4-7(9)11)5-8(10(15)16)13-14-12/h2-5,12H,1H3. The van der Waals surface area contributed by atoms with Crippen LogP contribution in [0.25, 0.3) is 6.08 Å². The lowest BCUT2D eigenvalue weighted by molar-refractivity contribution is -0.299. The number of carboxylic acids is 1. The summed E-state index contributed by atoms with van der Waals surface area (Å²) in [6.45, 7) is 0. The topological polar surface area (TPSA) is 99.7 Å². The maximum atomic E-state index is 10.6. The summed E-state index contributed by atoms with van der Waals surface area (Å²) in [6.07, 6.45) is 1.19. The summed E-state index contributed by atoms with van der Waals surface area (Å²) in [6, 6.07) is 4.68. The van der Waals surface area contributed by atoms with E-state index >= 15 is 0 Å². The molecule has 0 fully saturated rings. The van der Waals surface area contributed by atoms with E-state index in [1.54, 1.807) is 12.1 Å². The summed E-state index contributed by atoms with van der Waals surface area (Å²) >= 11 is 5.86. The van der Waals surface area contributed by atoms with Crippen molar-refractivity contribution in [3.63, 3.8) is 0 Å². The molecule has 1 aromatic carbocycles. The molecule has 0 saturated heterocycles. The molecule has 0 heterocycles. The van der Waals surface area contributed by atoms with Crippen molar-refractivity contribution in [3.8, 4) is 5.75 Å². The number of methoxy groups -OCH3 is 1. The van der Waals surface area contributed by atoms with Crippen LogP contribution in [0.4, 0.5) is 0 Å². The van der Waals surface area contributed by atoms with Gasteiger partial charge in [0.1, 0.15) is 11.3 Å². The van der Waals surface area contributed by atoms with Crippen LogP contribution in [0.15, 0.2) is 29.0 Å². The highest BCUT2D eigenvalue weighted by atomic mass is 35.5. The summed E-state index contributed by atoms with van der Waals surface area (Å²) in [4.78, 5) is 13.3. The van der Waals surface area contributed by atoms with Gasteiger partial charge >= 0.3 is 0 Å². The highest BCUT2D eigenvalue weighted by Gasteiger charge is 2.05. The number of rotatable bonds is 4. The Morgan fingerprint density at radius 1 is 1.65 bits per heavy atom. The van der Waals surface area contributed by atoms with Gasteiger partial charge in [-0.15, -0.1) is 0 Å². The second-order valence-corrected chi connectivity index (χ2v) is 3.32. The number of carbonyl (C=O) groups excluding carboxylic acids is 1. The first-order valence-electron chi connectivity index (χ1n) is 4.42. The molecule has 0 amide bonds. The summed E-state index contributed by atoms with van der Waals surface area (Å²) in [5, 5.41) is 14.1. The van der Waals surface area contributed by atoms with Crippen molar-refractivity contribution in [2.45, 2.75) is 0 Å². The third-order valence-electron chi connectivity index (χ3n) is 1.85. The summed E-state index contributed by atoms with van der Waals surface area (Å²) in [5.74, 6) is -1.05. The van der Waals surface area contributed by atoms with E-state index in [0.717, 1.165) is 0 Å². The number of halogens is 1. The van der Waals surface area contributed by atoms with Crippen LogP contribution >= 0.6 is 11.6 Å². The summed E-state index contributed by atoms with van der Waals surface area (Å²) in [5.41, 5.74) is 6.51. The zero-order chi connectivity index (χ0) is 12.8. The van der Waals surface area contributed by atoms with Crippen LogP contribution in [0.2, 0.25) is 5.02 Å². The second kappa shape index (κ2) is 5.79. The molecule has 0 aromatic heterocycles. The lowest BCUT2D eigenvalue weighted by atomic mass is 10.2. The van der Waals surface area contributed by atoms with Crippen molar-refractivity contribution in [2.75, 3.05) is 7.11 Å². The molecule has 88 valence electrons. The predicted octanol–water partition coefficient (Wildman–Crippen LogP) is 0.990. The highest BCUT2D eigenvalue weighted by Crippen LogP contribution is 2.25. The molecular formula is C10H8ClN3O3. The van der Waals surface area contributed by atoms with Gasteiger partial charge in [-0.05, 0) is 23.8 Å². The fourth-order valence-corrected chi connectivity index (χ4v) is 1.38. The van der Waals surface area contributed by atoms with Gasteiger partial charge < -0.3 is 14.6 Å². The van der Waals surface area contributed by atoms with Crippen molar-refractivity contribution >= 4 is 23.6 Å². The Kier molecular flexibility index (Phi) is 4.39. The Hall–Kier alpha value is -2.17. The van der Waals surface area contributed by atoms with Gasteiger partial charge in [0.25, 0.3) is 0 Å². The van der Waals surface area contributed by atoms with E-state index < -0.39 is 11.7 Å². The third-order valence-corrected chi connectivity index (χ3v) is 2.14. The Balaban J connectivity index is 3.16. The molecule has 0 bridgehead atoms. The van der Waals surface area contributed by atoms with Crippen molar-refractivity contribution in [2.24, 2.45) is 5.11 Å². The predicted molar refractivity (Wildman–Crippen MR) is 58.3 cm³/mol. The number of hydrogen-bond donors (Lipinski definition) is 1. The van der Waals surface area contributed by atoms with Crippen molar-refractivity contribution < 1.29 is 14.6 Å². The molecule has 0 saturated carbocycles. The molecule has 1 aromatic rings. The van der Waals surface area contributed by atoms with Crippen LogP contribution < -0.4 is 14.8 Å². The molecule has 0 aliphatic rings. The number of aliphatic carboxylic acids is 1. The lowest BCUT2D eigenvalue weighted by Crippen LogP contribution is -2.23. The summed E-state index contributed by atoms with van der Waals surface area (Å²) in [7, 11) is 1.47. The third kappa shape index (κ3) is 3.41. The molecule has 0 radical (unpaired) electrons. The Morgan fingerprint density at radius 3 is 2.82 bits per heavy atom. The van der Waals surface area contributed by atoms with E-state index in [1.165, 1.54) is 19.3 Å². The van der Waals surface area contributed by atoms with E-state index in [0.29, 0.717) is 16.3 Å². The van der Waals surface area contributed by atoms with Crippen LogP contribution in [0.5, 0.6) is 5.75 Å². The number of carboxylic acid groups (broad SMARTS) is 1. The van der Waals surface area contributed by atoms with Crippen molar-refractivity contribution in [3.05, 3.63) is 34.5 Å². The number of benzene rings is 1. The Labute approximate surface area is 102 Å². The van der Waals surface area contributed by atoms with Crippen LogP contribution in [0, 0.1) is 5.53 Å². The monoisotopic (exact) mass is 253 g/mol. The zero-order valence-corrected chi connectivity index (χ0v) is 9.56. The largest absolute Gasteiger partial charge is 0.543 e. The first-order valence-corrected chi connectivity index (χ1v) is 4.80. The van der Waals surface area contributed by atoms with Gasteiger partial charge in [-0.3, -0.25) is 0 Å². The molecule has 0 aliphatic carbocycles. The van der Waals surface area contributed by atoms with Gasteiger partial charge in [-0.2, -0.15) is 0 Å². The number of nitrogens with zero attached hydrogens (tertiary/aromatic N) is 2. The Morgan fingerprint density at radius 2 is 2.35 bits per heavy atom. The molecular weight excluding hydrogens is 246 g/mol. The minimum absolute atomic E-state index is 0.335. The van der Waals surface area contributed by atoms with Crippen LogP contribution in [-0.2, 0) is 4.79 Å². The number of carbonyl (C=O) groups is 1. The van der Waals surface area contributed by atoms with E-state index in [1.807, 2.05) is 0 Å². The van der Waals surface area contributed by atoms with Crippen LogP contribution in [0.1, 0.15) is 5.56 Å². The van der Waals surface area contributed by atoms with E-state index in [9.17, 15) is 9.90 Å². The fraction of sp³-hybridized carbons (Fsp3) is 0.100. The SMILES string of the molecule is COc1ccc(C=C(N=[N+]=N)C(=O)[O-])cc1Cl. The van der Waals surface area contributed by atoms with E-state index in [2.05, 4.69) is 10.0 Å². The summed E-state index contributed by atoms with van der Waals surface area (Å²) < 4.78 is 4.95. The maximum Gasteiger partial charge on any atom is 0.220 e. The van der Waals surface area contributed by atoms with Crippen LogP contribution in [-0.4, -0.2) is 13.1 Å². The number of hydrogen-bond acceptors (Lipinski definition) is 5. The average molecular weight is 254 g/mol. The zero-order valence-electron chi connectivity index (χ0n) is 8.81. The molecule has 1 N–H and O–H groups in total. The Bertz CT molecular complexity index is 518. The van der Waals surface area contributed by atoms with Gasteiger partial charge in [0, 0.05) is 0 Å². The van der Waals surface area contributed by atoms with Gasteiger partial charge in [0.15, 0.2) is 10.8 Å². The van der Waals surface area contributed by atoms with Gasteiger partial charge in [0.2, 0.25) is 4.91 Å². The molecule has 0 spiro atoms. The normalized spacial score (nSPS) is 10.6. The smallest absolute Gasteiger partial charge is 0.220 e. The average Bonchev–Trinajstić information content (AvgIpc) is 2.28. The van der Waals surface area contributed by atoms with E-state index in [-0.39, 0.29) is 0 Å². The molecule has 0 unspecified atom stereocenters. The molecule has 1 rings (SSSR count). The second-order valence-electron chi connectivity index (χ2n) is 2.91. The first kappa shape index (κ1) is 12.9. The molecule has 0 atom stereocenters. The first-order chi connectivity index (χ1) is 8.08. The van der Waals surface area contributed by atoms with Crippen LogP contribution in [0.3, 0.4) is 0 Å². The van der Waals surface area contributed by atoms with Gasteiger partial charge in [0.05, 0.1) is 18.1 Å². The van der Waals surface area contributed by atoms with E-state index in [4.69, 9.17) is 21.9 Å². The number of nitrogens with one attached hydrogen (secondary N) is 1. The minimum Gasteiger partial charge on any atom is -0.543 e. The van der Waals surface area contributed by atoms with Crippen molar-refractivity contribution in [1.29, 1.82) is 5.53 Å². The van der Waals surface area contributed by atoms with Gasteiger partial charge in [-0.25, -0.2) is 0 Å². The quantitative estimate of drug-likeness (QED) is 0.492. The molecule has 6 nitrogen and oxygen atoms in total. The van der Waals surface area contributed by atoms with Crippen molar-refractivity contribution in [1.82, 2.24) is 4.91 Å². The molecule has 0 aliphatic heterocycles. The molecule has 7 heteroatoms. The maximum absolute atomic E-state index is 10.6. The minimum atomic E-state index is -1.52. The lowest BCUT2D eigenvalue weighted by Gasteiger charge is -2.03.